The molecule has 1 heterocycles. The number of aryl methyl sites for hydroxylation is 1. The summed E-state index contributed by atoms with van der Waals surface area (Å²) in [6, 6.07) is 4.99. The molecule has 0 atom stereocenters. The Hall–Kier alpha value is -1.93. The highest BCUT2D eigenvalue weighted by molar-refractivity contribution is 7.92. The Kier molecular flexibility index (Phi) is 6.08. The monoisotopic (exact) mass is 381 g/mol. The minimum Gasteiger partial charge on any atom is -0.350 e. The van der Waals surface area contributed by atoms with E-state index < -0.39 is 20.5 Å². The summed E-state index contributed by atoms with van der Waals surface area (Å²) < 4.78 is 23.2. The summed E-state index contributed by atoms with van der Waals surface area (Å²) in [4.78, 5) is 25.2. The molecule has 1 fully saturated rings. The maximum Gasteiger partial charge on any atom is 0.251 e. The van der Waals surface area contributed by atoms with E-state index >= 15 is 0 Å². The van der Waals surface area contributed by atoms with Gasteiger partial charge in [0.2, 0.25) is 5.91 Å². The summed E-state index contributed by atoms with van der Waals surface area (Å²) in [5, 5.41) is 8.61. The normalized spacial score (nSPS) is 17.0. The Morgan fingerprint density at radius 2 is 1.81 bits per heavy atom. The highest BCUT2D eigenvalue weighted by atomic mass is 32.2. The lowest BCUT2D eigenvalue weighted by Gasteiger charge is -2.34. The molecule has 2 amide bonds. The van der Waals surface area contributed by atoms with E-state index in [9.17, 15) is 18.0 Å². The van der Waals surface area contributed by atoms with Crippen molar-refractivity contribution in [3.05, 3.63) is 29.3 Å². The lowest BCUT2D eigenvalue weighted by atomic mass is 9.95. The van der Waals surface area contributed by atoms with Crippen LogP contribution in [0, 0.1) is 6.92 Å². The fourth-order valence-corrected chi connectivity index (χ4v) is 4.46. The molecule has 1 aromatic carbocycles. The van der Waals surface area contributed by atoms with Crippen molar-refractivity contribution in [2.45, 2.75) is 44.4 Å². The first-order chi connectivity index (χ1) is 12.1. The largest absolute Gasteiger partial charge is 0.350 e. The summed E-state index contributed by atoms with van der Waals surface area (Å²) in [5.41, 5.74) is 1.65. The molecule has 0 radical (unpaired) electrons. The van der Waals surface area contributed by atoms with Crippen molar-refractivity contribution in [3.8, 4) is 0 Å². The molecule has 1 aliphatic rings. The number of sulfone groups is 1. The van der Waals surface area contributed by atoms with E-state index in [1.54, 1.807) is 18.2 Å². The van der Waals surface area contributed by atoms with Crippen LogP contribution in [0.3, 0.4) is 0 Å². The average Bonchev–Trinajstić information content (AvgIpc) is 2.55. The fourth-order valence-electron chi connectivity index (χ4n) is 3.13. The number of carbonyl (C=O) groups excluding carboxylic acids is 2. The molecule has 1 aliphatic heterocycles. The second kappa shape index (κ2) is 7.75. The molecule has 0 aromatic heterocycles. The van der Waals surface area contributed by atoms with E-state index in [0.717, 1.165) is 11.8 Å². The third-order valence-corrected chi connectivity index (χ3v) is 6.71. The number of amides is 2. The van der Waals surface area contributed by atoms with Crippen molar-refractivity contribution >= 4 is 27.3 Å². The molecule has 8 heteroatoms. The first-order valence-corrected chi connectivity index (χ1v) is 10.6. The molecule has 0 aliphatic carbocycles. The maximum absolute atomic E-state index is 12.9. The van der Waals surface area contributed by atoms with Crippen LogP contribution in [0.1, 0.15) is 42.6 Å². The summed E-state index contributed by atoms with van der Waals surface area (Å²) >= 11 is 0. The molecular weight excluding hydrogens is 354 g/mol. The zero-order chi connectivity index (χ0) is 19.5. The molecular formula is C18H27N3O4S. The van der Waals surface area contributed by atoms with E-state index in [4.69, 9.17) is 0 Å². The van der Waals surface area contributed by atoms with Gasteiger partial charge in [-0.3, -0.25) is 9.59 Å². The number of anilines is 1. The van der Waals surface area contributed by atoms with Crippen molar-refractivity contribution in [2.75, 3.05) is 24.7 Å². The highest BCUT2D eigenvalue weighted by Gasteiger charge is 2.48. The summed E-state index contributed by atoms with van der Waals surface area (Å²) in [6.45, 7) is 6.48. The third kappa shape index (κ3) is 4.24. The van der Waals surface area contributed by atoms with Crippen LogP contribution in [-0.2, 0) is 14.6 Å². The van der Waals surface area contributed by atoms with Crippen LogP contribution in [0.15, 0.2) is 18.2 Å². The molecule has 1 aromatic rings. The number of benzene rings is 1. The Balaban J connectivity index is 2.29. The van der Waals surface area contributed by atoms with Crippen molar-refractivity contribution in [2.24, 2.45) is 0 Å². The van der Waals surface area contributed by atoms with Gasteiger partial charge in [0.05, 0.1) is 0 Å². The molecule has 1 saturated heterocycles. The van der Waals surface area contributed by atoms with Crippen LogP contribution in [0.25, 0.3) is 0 Å². The van der Waals surface area contributed by atoms with E-state index in [1.807, 2.05) is 20.8 Å². The van der Waals surface area contributed by atoms with Gasteiger partial charge in [0.1, 0.15) is 0 Å². The minimum atomic E-state index is -3.59. The Morgan fingerprint density at radius 1 is 1.19 bits per heavy atom. The highest BCUT2D eigenvalue weighted by Crippen LogP contribution is 2.29. The summed E-state index contributed by atoms with van der Waals surface area (Å²) in [7, 11) is -3.59. The standard InChI is InChI=1S/C18H27N3O4S/c1-12(2)20-16(22)15-11-14(6-5-13(15)3)21-17(23)18(26(4,24)25)7-9-19-10-8-18/h5-6,11-12,19H,7-10H2,1-4H3,(H,20,22)(H,21,23). The van der Waals surface area contributed by atoms with Gasteiger partial charge in [-0.25, -0.2) is 8.42 Å². The predicted molar refractivity (Wildman–Crippen MR) is 102 cm³/mol. The van der Waals surface area contributed by atoms with E-state index in [-0.39, 0.29) is 24.8 Å². The Morgan fingerprint density at radius 3 is 2.35 bits per heavy atom. The van der Waals surface area contributed by atoms with Gasteiger partial charge in [0, 0.05) is 23.5 Å². The topological polar surface area (TPSA) is 104 Å². The van der Waals surface area contributed by atoms with Crippen LogP contribution >= 0.6 is 0 Å². The van der Waals surface area contributed by atoms with Crippen molar-refractivity contribution < 1.29 is 18.0 Å². The zero-order valence-electron chi connectivity index (χ0n) is 15.7. The van der Waals surface area contributed by atoms with Crippen LogP contribution < -0.4 is 16.0 Å². The lowest BCUT2D eigenvalue weighted by Crippen LogP contribution is -2.55. The van der Waals surface area contributed by atoms with Crippen LogP contribution in [0.2, 0.25) is 0 Å². The molecule has 0 spiro atoms. The number of hydrogen-bond acceptors (Lipinski definition) is 5. The quantitative estimate of drug-likeness (QED) is 0.712. The molecule has 0 bridgehead atoms. The fraction of sp³-hybridized carbons (Fsp3) is 0.556. The molecule has 3 N–H and O–H groups in total. The predicted octanol–water partition coefficient (Wildman–Crippen LogP) is 1.24. The van der Waals surface area contributed by atoms with Gasteiger partial charge in [-0.2, -0.15) is 0 Å². The second-order valence-corrected chi connectivity index (χ2v) is 9.45. The molecule has 26 heavy (non-hydrogen) atoms. The number of piperidine rings is 1. The summed E-state index contributed by atoms with van der Waals surface area (Å²) in [5.74, 6) is -0.770. The molecule has 7 nitrogen and oxygen atoms in total. The van der Waals surface area contributed by atoms with Gasteiger partial charge in [-0.05, 0) is 64.4 Å². The molecule has 0 saturated carbocycles. The lowest BCUT2D eigenvalue weighted by molar-refractivity contribution is -0.119. The van der Waals surface area contributed by atoms with E-state index in [2.05, 4.69) is 16.0 Å². The third-order valence-electron chi connectivity index (χ3n) is 4.69. The van der Waals surface area contributed by atoms with Crippen LogP contribution in [0.5, 0.6) is 0 Å². The zero-order valence-corrected chi connectivity index (χ0v) is 16.5. The summed E-state index contributed by atoms with van der Waals surface area (Å²) in [6.07, 6.45) is 1.56. The van der Waals surface area contributed by atoms with E-state index in [1.165, 1.54) is 0 Å². The first-order valence-electron chi connectivity index (χ1n) is 8.70. The SMILES string of the molecule is Cc1ccc(NC(=O)C2(S(C)(=O)=O)CCNCC2)cc1C(=O)NC(C)C. The van der Waals surface area contributed by atoms with Gasteiger partial charge in [0.15, 0.2) is 14.6 Å². The van der Waals surface area contributed by atoms with Gasteiger partial charge in [-0.1, -0.05) is 6.07 Å². The Labute approximate surface area is 154 Å². The van der Waals surface area contributed by atoms with Gasteiger partial charge in [-0.15, -0.1) is 0 Å². The smallest absolute Gasteiger partial charge is 0.251 e. The molecule has 144 valence electrons. The van der Waals surface area contributed by atoms with Crippen LogP contribution in [0.4, 0.5) is 5.69 Å². The van der Waals surface area contributed by atoms with Gasteiger partial charge < -0.3 is 16.0 Å². The van der Waals surface area contributed by atoms with Gasteiger partial charge in [0.25, 0.3) is 5.91 Å². The van der Waals surface area contributed by atoms with Crippen molar-refractivity contribution in [1.82, 2.24) is 10.6 Å². The van der Waals surface area contributed by atoms with Crippen molar-refractivity contribution in [1.29, 1.82) is 0 Å². The minimum absolute atomic E-state index is 0.0108. The van der Waals surface area contributed by atoms with E-state index in [0.29, 0.717) is 24.3 Å². The maximum atomic E-state index is 12.9. The second-order valence-electron chi connectivity index (χ2n) is 7.13. The number of rotatable bonds is 5. The van der Waals surface area contributed by atoms with Crippen molar-refractivity contribution in [3.63, 3.8) is 0 Å². The first kappa shape index (κ1) is 20.4. The number of hydrogen-bond donors (Lipinski definition) is 3. The number of nitrogens with one attached hydrogen (secondary N) is 3. The Bertz CT molecular complexity index is 797. The van der Waals surface area contributed by atoms with Gasteiger partial charge >= 0.3 is 0 Å². The van der Waals surface area contributed by atoms with Crippen LogP contribution in [-0.4, -0.2) is 50.4 Å². The molecule has 2 rings (SSSR count). The average molecular weight is 381 g/mol. The number of carbonyl (C=O) groups is 2. The molecule has 0 unspecified atom stereocenters.